The molecule has 2 heteroatoms. The molecule has 2 N–H and O–H groups in total. The van der Waals surface area contributed by atoms with E-state index in [9.17, 15) is 4.79 Å². The summed E-state index contributed by atoms with van der Waals surface area (Å²) < 4.78 is 0. The van der Waals surface area contributed by atoms with Crippen LogP contribution in [0.25, 0.3) is 0 Å². The Morgan fingerprint density at radius 1 is 1.44 bits per heavy atom. The van der Waals surface area contributed by atoms with E-state index in [-0.39, 0.29) is 11.8 Å². The molecule has 2 aliphatic carbocycles. The molecule has 0 spiro atoms. The lowest BCUT2D eigenvalue weighted by molar-refractivity contribution is -0.119. The third-order valence-corrected chi connectivity index (χ3v) is 2.43. The Balaban J connectivity index is 1.87. The van der Waals surface area contributed by atoms with Gasteiger partial charge in [-0.1, -0.05) is 0 Å². The molecule has 2 aliphatic rings. The van der Waals surface area contributed by atoms with Crippen LogP contribution in [0.1, 0.15) is 19.3 Å². The summed E-state index contributed by atoms with van der Waals surface area (Å²) in [7, 11) is 0. The average molecular weight is 125 g/mol. The van der Waals surface area contributed by atoms with Gasteiger partial charge in [0, 0.05) is 5.92 Å². The van der Waals surface area contributed by atoms with Gasteiger partial charge in [0.2, 0.25) is 5.91 Å². The largest absolute Gasteiger partial charge is 0.369 e. The Morgan fingerprint density at radius 3 is 2.44 bits per heavy atom. The predicted octanol–water partition coefficient (Wildman–Crippen LogP) is 0.518. The molecule has 0 bridgehead atoms. The van der Waals surface area contributed by atoms with Gasteiger partial charge in [-0.3, -0.25) is 4.79 Å². The van der Waals surface area contributed by atoms with E-state index in [1.165, 1.54) is 12.8 Å². The van der Waals surface area contributed by atoms with Gasteiger partial charge in [-0.2, -0.15) is 0 Å². The van der Waals surface area contributed by atoms with Crippen molar-refractivity contribution in [2.75, 3.05) is 0 Å². The van der Waals surface area contributed by atoms with E-state index < -0.39 is 0 Å². The number of hydrogen-bond acceptors (Lipinski definition) is 1. The van der Waals surface area contributed by atoms with Crippen LogP contribution >= 0.6 is 0 Å². The number of rotatable bonds is 2. The summed E-state index contributed by atoms with van der Waals surface area (Å²) in [6.07, 6.45) is 3.77. The Labute approximate surface area is 54.4 Å². The molecule has 0 saturated heterocycles. The van der Waals surface area contributed by atoms with Crippen LogP contribution in [0.5, 0.6) is 0 Å². The lowest BCUT2D eigenvalue weighted by atomic mass is 10.2. The fourth-order valence-electron chi connectivity index (χ4n) is 1.59. The van der Waals surface area contributed by atoms with Crippen LogP contribution in [0.4, 0.5) is 0 Å². The summed E-state index contributed by atoms with van der Waals surface area (Å²) in [5.74, 6) is 1.76. The van der Waals surface area contributed by atoms with Crippen molar-refractivity contribution in [3.05, 3.63) is 0 Å². The van der Waals surface area contributed by atoms with Gasteiger partial charge in [-0.15, -0.1) is 0 Å². The normalized spacial score (nSPS) is 40.4. The standard InChI is InChI=1S/C7H11NO/c8-7(9)6-3-5(6)4-1-2-4/h4-6H,1-3H2,(H2,8,9)/t5-,6+/m1/s1. The first-order valence-corrected chi connectivity index (χ1v) is 3.58. The third-order valence-electron chi connectivity index (χ3n) is 2.43. The van der Waals surface area contributed by atoms with Crippen molar-refractivity contribution in [3.63, 3.8) is 0 Å². The maximum atomic E-state index is 10.5. The minimum atomic E-state index is -0.0769. The van der Waals surface area contributed by atoms with Gasteiger partial charge in [0.25, 0.3) is 0 Å². The van der Waals surface area contributed by atoms with E-state index in [0.29, 0.717) is 5.92 Å². The van der Waals surface area contributed by atoms with Crippen LogP contribution in [0, 0.1) is 17.8 Å². The minimum absolute atomic E-state index is 0.0769. The molecule has 9 heavy (non-hydrogen) atoms. The first kappa shape index (κ1) is 5.27. The van der Waals surface area contributed by atoms with Gasteiger partial charge in [0.05, 0.1) is 0 Å². The Bertz CT molecular complexity index is 151. The molecule has 2 nitrogen and oxygen atoms in total. The molecule has 1 amide bonds. The molecule has 0 aromatic heterocycles. The zero-order chi connectivity index (χ0) is 6.43. The van der Waals surface area contributed by atoms with Crippen molar-refractivity contribution in [3.8, 4) is 0 Å². The monoisotopic (exact) mass is 125 g/mol. The molecular formula is C7H11NO. The summed E-state index contributed by atoms with van der Waals surface area (Å²) >= 11 is 0. The summed E-state index contributed by atoms with van der Waals surface area (Å²) in [5.41, 5.74) is 5.11. The number of primary amides is 1. The van der Waals surface area contributed by atoms with E-state index in [1.807, 2.05) is 0 Å². The Morgan fingerprint density at radius 2 is 2.11 bits per heavy atom. The second kappa shape index (κ2) is 1.49. The minimum Gasteiger partial charge on any atom is -0.369 e. The van der Waals surface area contributed by atoms with Crippen LogP contribution in [-0.4, -0.2) is 5.91 Å². The van der Waals surface area contributed by atoms with Crippen molar-refractivity contribution in [2.45, 2.75) is 19.3 Å². The number of hydrogen-bond donors (Lipinski definition) is 1. The molecule has 0 radical (unpaired) electrons. The molecule has 0 aromatic rings. The van der Waals surface area contributed by atoms with Crippen molar-refractivity contribution in [1.82, 2.24) is 0 Å². The third kappa shape index (κ3) is 0.824. The summed E-state index contributed by atoms with van der Waals surface area (Å²) in [6, 6.07) is 0. The lowest BCUT2D eigenvalue weighted by Gasteiger charge is -1.88. The maximum Gasteiger partial charge on any atom is 0.220 e. The summed E-state index contributed by atoms with van der Waals surface area (Å²) in [6.45, 7) is 0. The molecule has 2 rings (SSSR count). The zero-order valence-corrected chi connectivity index (χ0v) is 5.34. The smallest absolute Gasteiger partial charge is 0.220 e. The SMILES string of the molecule is NC(=O)[C@H]1C[C@@H]1C1CC1. The van der Waals surface area contributed by atoms with Crippen LogP contribution < -0.4 is 5.73 Å². The van der Waals surface area contributed by atoms with Gasteiger partial charge in [-0.25, -0.2) is 0 Å². The highest BCUT2D eigenvalue weighted by Gasteiger charge is 2.50. The second-order valence-corrected chi connectivity index (χ2v) is 3.25. The highest BCUT2D eigenvalue weighted by atomic mass is 16.1. The molecule has 2 fully saturated rings. The van der Waals surface area contributed by atoms with E-state index >= 15 is 0 Å². The first-order chi connectivity index (χ1) is 4.29. The fraction of sp³-hybridized carbons (Fsp3) is 0.857. The van der Waals surface area contributed by atoms with E-state index in [2.05, 4.69) is 0 Å². The van der Waals surface area contributed by atoms with Gasteiger partial charge in [0.15, 0.2) is 0 Å². The Kier molecular flexibility index (Phi) is 0.875. The molecule has 0 unspecified atom stereocenters. The number of carbonyl (C=O) groups excluding carboxylic acids is 1. The van der Waals surface area contributed by atoms with Crippen molar-refractivity contribution in [1.29, 1.82) is 0 Å². The Hall–Kier alpha value is -0.530. The molecule has 0 aliphatic heterocycles. The van der Waals surface area contributed by atoms with E-state index in [1.54, 1.807) is 0 Å². The first-order valence-electron chi connectivity index (χ1n) is 3.58. The molecule has 0 aromatic carbocycles. The maximum absolute atomic E-state index is 10.5. The van der Waals surface area contributed by atoms with E-state index in [0.717, 1.165) is 12.3 Å². The van der Waals surface area contributed by atoms with Gasteiger partial charge in [-0.05, 0) is 31.1 Å². The van der Waals surface area contributed by atoms with Crippen LogP contribution in [0.2, 0.25) is 0 Å². The lowest BCUT2D eigenvalue weighted by Crippen LogP contribution is -2.14. The molecule has 2 atom stereocenters. The van der Waals surface area contributed by atoms with Crippen molar-refractivity contribution < 1.29 is 4.79 Å². The zero-order valence-electron chi connectivity index (χ0n) is 5.34. The van der Waals surface area contributed by atoms with Crippen molar-refractivity contribution in [2.24, 2.45) is 23.5 Å². The number of amides is 1. The summed E-state index contributed by atoms with van der Waals surface area (Å²) in [5, 5.41) is 0. The van der Waals surface area contributed by atoms with Crippen LogP contribution in [-0.2, 0) is 4.79 Å². The van der Waals surface area contributed by atoms with Gasteiger partial charge < -0.3 is 5.73 Å². The van der Waals surface area contributed by atoms with Crippen LogP contribution in [0.15, 0.2) is 0 Å². The number of carbonyl (C=O) groups is 1. The fourth-order valence-corrected chi connectivity index (χ4v) is 1.59. The highest BCUT2D eigenvalue weighted by molar-refractivity contribution is 5.79. The summed E-state index contributed by atoms with van der Waals surface area (Å²) in [4.78, 5) is 10.5. The molecule has 2 saturated carbocycles. The second-order valence-electron chi connectivity index (χ2n) is 3.25. The van der Waals surface area contributed by atoms with Crippen LogP contribution in [0.3, 0.4) is 0 Å². The number of nitrogens with two attached hydrogens (primary N) is 1. The van der Waals surface area contributed by atoms with Gasteiger partial charge in [0.1, 0.15) is 0 Å². The van der Waals surface area contributed by atoms with Crippen molar-refractivity contribution >= 4 is 5.91 Å². The molecular weight excluding hydrogens is 114 g/mol. The highest BCUT2D eigenvalue weighted by Crippen LogP contribution is 2.53. The molecule has 50 valence electrons. The predicted molar refractivity (Wildman–Crippen MR) is 33.5 cm³/mol. The molecule has 0 heterocycles. The van der Waals surface area contributed by atoms with E-state index in [4.69, 9.17) is 5.73 Å². The van der Waals surface area contributed by atoms with Gasteiger partial charge >= 0.3 is 0 Å². The quantitative estimate of drug-likeness (QED) is 0.574. The average Bonchev–Trinajstić information content (AvgIpc) is 2.60. The topological polar surface area (TPSA) is 43.1 Å².